The summed E-state index contributed by atoms with van der Waals surface area (Å²) in [5, 5.41) is 6.78. The van der Waals surface area contributed by atoms with Crippen LogP contribution in [-0.2, 0) is 4.79 Å². The van der Waals surface area contributed by atoms with Crippen molar-refractivity contribution in [1.82, 2.24) is 15.2 Å². The van der Waals surface area contributed by atoms with E-state index in [1.165, 1.54) is 11.3 Å². The fraction of sp³-hybridized carbons (Fsp3) is 0.250. The minimum absolute atomic E-state index is 0.0398. The Balaban J connectivity index is 1.27. The van der Waals surface area contributed by atoms with Crippen LogP contribution in [0.4, 0.5) is 21.9 Å². The van der Waals surface area contributed by atoms with Gasteiger partial charge in [-0.1, -0.05) is 23.8 Å². The number of nitrogens with one attached hydrogen (secondary N) is 2. The molecule has 0 aliphatic carbocycles. The van der Waals surface area contributed by atoms with E-state index in [2.05, 4.69) is 15.6 Å². The van der Waals surface area contributed by atoms with Crippen LogP contribution < -0.4 is 20.3 Å². The third-order valence-corrected chi connectivity index (χ3v) is 8.42. The molecule has 4 heterocycles. The van der Waals surface area contributed by atoms with Gasteiger partial charge >= 0.3 is 6.03 Å². The molecule has 0 bridgehead atoms. The molecule has 2 aliphatic rings. The van der Waals surface area contributed by atoms with E-state index < -0.39 is 0 Å². The number of pyridine rings is 1. The molecule has 4 amide bonds. The third-order valence-electron chi connectivity index (χ3n) is 7.32. The average Bonchev–Trinajstić information content (AvgIpc) is 3.34. The summed E-state index contributed by atoms with van der Waals surface area (Å²) in [5.74, 6) is 1.07. The maximum atomic E-state index is 13.6. The summed E-state index contributed by atoms with van der Waals surface area (Å²) in [6.07, 6.45) is 4.86. The number of nitrogens with zero attached hydrogens (tertiary/aromatic N) is 3. The van der Waals surface area contributed by atoms with E-state index in [1.54, 1.807) is 28.1 Å². The van der Waals surface area contributed by atoms with Crippen molar-refractivity contribution in [1.29, 1.82) is 0 Å². The first kappa shape index (κ1) is 27.5. The molecule has 10 heteroatoms. The molecule has 2 aromatic carbocycles. The Morgan fingerprint density at radius 1 is 1.10 bits per heavy atom. The van der Waals surface area contributed by atoms with Gasteiger partial charge in [-0.25, -0.2) is 9.78 Å². The van der Waals surface area contributed by atoms with Crippen molar-refractivity contribution >= 4 is 56.5 Å². The molecule has 2 aromatic heterocycles. The molecule has 9 nitrogen and oxygen atoms in total. The van der Waals surface area contributed by atoms with E-state index in [0.717, 1.165) is 35.1 Å². The Bertz CT molecular complexity index is 1730. The Labute approximate surface area is 247 Å². The van der Waals surface area contributed by atoms with Crippen molar-refractivity contribution in [3.8, 4) is 11.5 Å². The summed E-state index contributed by atoms with van der Waals surface area (Å²) in [6.45, 7) is 6.82. The molecular weight excluding hydrogens is 550 g/mol. The molecule has 0 radical (unpaired) electrons. The SMILES string of the molecule is CC(C)=CC(=O)N1CCC[C@@H](NC(=O)c2sc3nccc4c3c2NC(=O)N4c2ccc(Oc3ccccc3)cc2C)C1. The number of hydrogen-bond acceptors (Lipinski definition) is 6. The first-order valence-corrected chi connectivity index (χ1v) is 14.7. The Morgan fingerprint density at radius 3 is 2.67 bits per heavy atom. The molecule has 1 saturated heterocycles. The van der Waals surface area contributed by atoms with Gasteiger partial charge in [-0.05, 0) is 75.6 Å². The van der Waals surface area contributed by atoms with Crippen molar-refractivity contribution in [2.45, 2.75) is 39.7 Å². The van der Waals surface area contributed by atoms with Gasteiger partial charge in [0.2, 0.25) is 5.91 Å². The van der Waals surface area contributed by atoms with E-state index in [-0.39, 0.29) is 23.9 Å². The molecular formula is C32H31N5O4S. The molecule has 6 rings (SSSR count). The number of carbonyl (C=O) groups is 3. The number of rotatable bonds is 6. The number of hydrogen-bond donors (Lipinski definition) is 2. The monoisotopic (exact) mass is 581 g/mol. The molecule has 2 N–H and O–H groups in total. The summed E-state index contributed by atoms with van der Waals surface area (Å²) in [7, 11) is 0. The van der Waals surface area contributed by atoms with Gasteiger partial charge < -0.3 is 20.3 Å². The fourth-order valence-electron chi connectivity index (χ4n) is 5.43. The number of carbonyl (C=O) groups excluding carboxylic acids is 3. The lowest BCUT2D eigenvalue weighted by molar-refractivity contribution is -0.127. The lowest BCUT2D eigenvalue weighted by atomic mass is 10.0. The van der Waals surface area contributed by atoms with Crippen molar-refractivity contribution < 1.29 is 19.1 Å². The summed E-state index contributed by atoms with van der Waals surface area (Å²) >= 11 is 1.25. The number of amides is 4. The van der Waals surface area contributed by atoms with E-state index in [4.69, 9.17) is 4.74 Å². The van der Waals surface area contributed by atoms with Crippen molar-refractivity contribution in [2.24, 2.45) is 0 Å². The minimum Gasteiger partial charge on any atom is -0.457 e. The number of anilines is 3. The smallest absolute Gasteiger partial charge is 0.331 e. The summed E-state index contributed by atoms with van der Waals surface area (Å²) in [6, 6.07) is 16.4. The highest BCUT2D eigenvalue weighted by atomic mass is 32.1. The van der Waals surface area contributed by atoms with Gasteiger partial charge in [0.05, 0.1) is 22.4 Å². The zero-order chi connectivity index (χ0) is 29.4. The van der Waals surface area contributed by atoms with Crippen LogP contribution >= 0.6 is 11.3 Å². The van der Waals surface area contributed by atoms with Gasteiger partial charge in [-0.2, -0.15) is 0 Å². The van der Waals surface area contributed by atoms with Crippen LogP contribution in [0.15, 0.2) is 72.4 Å². The number of aryl methyl sites for hydroxylation is 1. The van der Waals surface area contributed by atoms with Crippen LogP contribution in [0.1, 0.15) is 41.9 Å². The molecule has 42 heavy (non-hydrogen) atoms. The molecule has 1 fully saturated rings. The topological polar surface area (TPSA) is 104 Å². The van der Waals surface area contributed by atoms with E-state index in [9.17, 15) is 14.4 Å². The van der Waals surface area contributed by atoms with Crippen LogP contribution in [-0.4, -0.2) is 46.9 Å². The van der Waals surface area contributed by atoms with Crippen molar-refractivity contribution in [3.63, 3.8) is 0 Å². The molecule has 2 aliphatic heterocycles. The van der Waals surface area contributed by atoms with E-state index >= 15 is 0 Å². The van der Waals surface area contributed by atoms with Crippen molar-refractivity contribution in [2.75, 3.05) is 23.3 Å². The number of aromatic nitrogens is 1. The van der Waals surface area contributed by atoms with Crippen LogP contribution in [0.25, 0.3) is 10.2 Å². The standard InChI is InChI=1S/C32H31N5O4S/c1-19(2)16-26(38)36-15-7-8-21(18-36)34-30(39)29-28-27-25(13-14-33-31(27)42-29)37(32(40)35-28)24-12-11-23(17-20(24)3)41-22-9-5-4-6-10-22/h4-6,9-14,16-17,21H,7-8,15,18H2,1-3H3,(H,34,39)(H,35,40)/t21-/m1/s1. The number of ether oxygens (including phenoxy) is 1. The van der Waals surface area contributed by atoms with Gasteiger partial charge in [-0.3, -0.25) is 14.5 Å². The summed E-state index contributed by atoms with van der Waals surface area (Å²) in [4.78, 5) is 48.6. The maximum Gasteiger partial charge on any atom is 0.331 e. The minimum atomic E-state index is -0.363. The van der Waals surface area contributed by atoms with Gasteiger partial charge in [0.15, 0.2) is 0 Å². The Kier molecular flexibility index (Phi) is 7.38. The molecule has 0 unspecified atom stereocenters. The number of piperidine rings is 1. The van der Waals surface area contributed by atoms with E-state index in [1.807, 2.05) is 69.3 Å². The molecule has 0 saturated carbocycles. The molecule has 0 spiro atoms. The quantitative estimate of drug-likeness (QED) is 0.245. The van der Waals surface area contributed by atoms with Crippen LogP contribution in [0.5, 0.6) is 11.5 Å². The highest BCUT2D eigenvalue weighted by Crippen LogP contribution is 2.46. The molecule has 1 atom stereocenters. The number of likely N-dealkylation sites (tertiary alicyclic amines) is 1. The largest absolute Gasteiger partial charge is 0.457 e. The fourth-order valence-corrected chi connectivity index (χ4v) is 6.46. The van der Waals surface area contributed by atoms with Gasteiger partial charge in [0.1, 0.15) is 21.2 Å². The maximum absolute atomic E-state index is 13.6. The molecule has 4 aromatic rings. The van der Waals surface area contributed by atoms with Gasteiger partial charge in [0.25, 0.3) is 5.91 Å². The van der Waals surface area contributed by atoms with E-state index in [0.29, 0.717) is 45.6 Å². The summed E-state index contributed by atoms with van der Waals surface area (Å²) < 4.78 is 5.97. The Hall–Kier alpha value is -4.70. The second kappa shape index (κ2) is 11.3. The number of para-hydroxylation sites is 1. The predicted octanol–water partition coefficient (Wildman–Crippen LogP) is 6.77. The lowest BCUT2D eigenvalue weighted by Gasteiger charge is -2.33. The molecule has 214 valence electrons. The van der Waals surface area contributed by atoms with Crippen LogP contribution in [0.3, 0.4) is 0 Å². The highest BCUT2D eigenvalue weighted by Gasteiger charge is 2.34. The van der Waals surface area contributed by atoms with Gasteiger partial charge in [0, 0.05) is 31.4 Å². The number of urea groups is 1. The Morgan fingerprint density at radius 2 is 1.90 bits per heavy atom. The number of allylic oxidation sites excluding steroid dienone is 1. The highest BCUT2D eigenvalue weighted by molar-refractivity contribution is 7.21. The summed E-state index contributed by atoms with van der Waals surface area (Å²) in [5.41, 5.74) is 3.61. The zero-order valence-electron chi connectivity index (χ0n) is 23.6. The number of thiophene rings is 1. The average molecular weight is 582 g/mol. The second-order valence-electron chi connectivity index (χ2n) is 10.8. The number of benzene rings is 2. The van der Waals surface area contributed by atoms with Crippen molar-refractivity contribution in [3.05, 3.63) is 82.9 Å². The predicted molar refractivity (Wildman–Crippen MR) is 165 cm³/mol. The zero-order valence-corrected chi connectivity index (χ0v) is 24.5. The lowest BCUT2D eigenvalue weighted by Crippen LogP contribution is -2.49. The second-order valence-corrected chi connectivity index (χ2v) is 11.8. The normalized spacial score (nSPS) is 16.2. The first-order chi connectivity index (χ1) is 20.3. The van der Waals surface area contributed by atoms with Crippen LogP contribution in [0, 0.1) is 6.92 Å². The van der Waals surface area contributed by atoms with Crippen LogP contribution in [0.2, 0.25) is 0 Å². The van der Waals surface area contributed by atoms with Gasteiger partial charge in [-0.15, -0.1) is 11.3 Å². The third kappa shape index (κ3) is 5.33. The first-order valence-electron chi connectivity index (χ1n) is 13.9.